The Labute approximate surface area is 202 Å². The first-order chi connectivity index (χ1) is 17.1. The highest BCUT2D eigenvalue weighted by Crippen LogP contribution is 2.79. The summed E-state index contributed by atoms with van der Waals surface area (Å²) in [7, 11) is 4.39. The molecule has 0 saturated carbocycles. The molecule has 2 aromatic heterocycles. The van der Waals surface area contributed by atoms with Gasteiger partial charge in [0, 0.05) is 14.2 Å². The number of hydrogen-bond acceptors (Lipinski definition) is 14. The number of carbonyl (C=O) groups is 4. The smallest absolute Gasteiger partial charge is 0.322 e. The lowest BCUT2D eigenvalue weighted by atomic mass is 9.54. The summed E-state index contributed by atoms with van der Waals surface area (Å²) < 4.78 is 45.3. The molecule has 14 nitrogen and oxygen atoms in total. The van der Waals surface area contributed by atoms with E-state index in [-0.39, 0.29) is 34.0 Å². The Kier molecular flexibility index (Phi) is 4.24. The summed E-state index contributed by atoms with van der Waals surface area (Å²) in [5, 5.41) is 7.71. The molecule has 0 unspecified atom stereocenters. The molecule has 190 valence electrons. The van der Waals surface area contributed by atoms with E-state index in [0.29, 0.717) is 0 Å². The van der Waals surface area contributed by atoms with Crippen molar-refractivity contribution in [3.8, 4) is 0 Å². The Morgan fingerprint density at radius 2 is 1.08 bits per heavy atom. The summed E-state index contributed by atoms with van der Waals surface area (Å²) >= 11 is 0. The van der Waals surface area contributed by atoms with E-state index in [9.17, 15) is 19.2 Å². The number of fused-ring (bicyclic) bond motifs is 13. The normalized spacial score (nSPS) is 37.4. The predicted molar refractivity (Wildman–Crippen MR) is 107 cm³/mol. The fourth-order valence-corrected chi connectivity index (χ4v) is 6.70. The predicted octanol–water partition coefficient (Wildman–Crippen LogP) is 0.0870. The first kappa shape index (κ1) is 23.0. The quantitative estimate of drug-likeness (QED) is 0.512. The third-order valence-corrected chi connectivity index (χ3v) is 7.90. The van der Waals surface area contributed by atoms with Crippen molar-refractivity contribution in [1.82, 2.24) is 10.3 Å². The Balaban J connectivity index is 1.88. The average molecular weight is 504 g/mol. The minimum absolute atomic E-state index is 0.0835. The summed E-state index contributed by atoms with van der Waals surface area (Å²) in [6, 6.07) is 0. The van der Waals surface area contributed by atoms with Crippen LogP contribution in [0.4, 0.5) is 0 Å². The molecule has 4 aliphatic heterocycles. The zero-order chi connectivity index (χ0) is 26.0. The van der Waals surface area contributed by atoms with Crippen LogP contribution < -0.4 is 0 Å². The minimum atomic E-state index is -2.57. The van der Waals surface area contributed by atoms with Gasteiger partial charge in [-0.15, -0.1) is 0 Å². The number of rotatable bonds is 4. The molecule has 6 heterocycles. The van der Waals surface area contributed by atoms with Crippen LogP contribution in [-0.2, 0) is 49.6 Å². The number of ether oxygens (including phenoxy) is 6. The summed E-state index contributed by atoms with van der Waals surface area (Å²) in [5.41, 5.74) is -5.03. The Bertz CT molecular complexity index is 1290. The van der Waals surface area contributed by atoms with Crippen molar-refractivity contribution >= 4 is 23.5 Å². The molecule has 6 atom stereocenters. The van der Waals surface area contributed by atoms with Crippen molar-refractivity contribution in [2.75, 3.05) is 28.4 Å². The first-order valence-electron chi connectivity index (χ1n) is 10.8. The molecule has 4 bridgehead atoms. The third kappa shape index (κ3) is 1.80. The summed E-state index contributed by atoms with van der Waals surface area (Å²) in [6.07, 6.45) is -3.72. The van der Waals surface area contributed by atoms with E-state index in [1.165, 1.54) is 13.8 Å². The van der Waals surface area contributed by atoms with Gasteiger partial charge in [-0.25, -0.2) is 0 Å². The average Bonchev–Trinajstić information content (AvgIpc) is 3.59. The van der Waals surface area contributed by atoms with E-state index in [0.717, 1.165) is 28.4 Å². The van der Waals surface area contributed by atoms with Gasteiger partial charge < -0.3 is 37.5 Å². The fourth-order valence-electron chi connectivity index (χ4n) is 6.70. The standard InChI is InChI=1S/C22H20N2O12/c1-7-9-11(25)15-19(17(27)29-3)20(18(28)30-4,21(31-5,33-15)13(9)35-23-7)16-12(26)10-8(2)24-36-14(10)22(19,32-6)34-16/h15-16H,1-6H3/t15-,16-,19+,20+,21+,22+/m1/s1. The number of ketones is 2. The van der Waals surface area contributed by atoms with E-state index in [4.69, 9.17) is 37.5 Å². The molecule has 0 aromatic carbocycles. The van der Waals surface area contributed by atoms with Crippen molar-refractivity contribution in [2.24, 2.45) is 10.8 Å². The van der Waals surface area contributed by atoms with Gasteiger partial charge in [0.15, 0.2) is 22.4 Å². The summed E-state index contributed by atoms with van der Waals surface area (Å²) in [6.45, 7) is 2.98. The monoisotopic (exact) mass is 504 g/mol. The Morgan fingerprint density at radius 1 is 0.722 bits per heavy atom. The maximum absolute atomic E-state index is 14.1. The van der Waals surface area contributed by atoms with Crippen LogP contribution in [0.2, 0.25) is 0 Å². The topological polar surface area (TPSA) is 176 Å². The van der Waals surface area contributed by atoms with Gasteiger partial charge in [0.1, 0.15) is 12.2 Å². The van der Waals surface area contributed by atoms with Crippen molar-refractivity contribution in [3.05, 3.63) is 34.0 Å². The zero-order valence-electron chi connectivity index (χ0n) is 19.9. The molecule has 0 spiro atoms. The molecular formula is C22H20N2O12. The number of methoxy groups -OCH3 is 4. The molecule has 0 radical (unpaired) electrons. The molecular weight excluding hydrogens is 484 g/mol. The molecule has 2 aromatic rings. The summed E-state index contributed by atoms with van der Waals surface area (Å²) in [5.74, 6) is -9.44. The van der Waals surface area contributed by atoms with Gasteiger partial charge in [-0.1, -0.05) is 10.3 Å². The number of Topliss-reactive ketones (excluding diaryl/α,β-unsaturated/α-hetero) is 2. The van der Waals surface area contributed by atoms with Crippen molar-refractivity contribution < 1.29 is 56.6 Å². The van der Waals surface area contributed by atoms with Gasteiger partial charge in [0.2, 0.25) is 11.5 Å². The third-order valence-electron chi connectivity index (χ3n) is 7.90. The van der Waals surface area contributed by atoms with Crippen molar-refractivity contribution in [1.29, 1.82) is 0 Å². The first-order valence-corrected chi connectivity index (χ1v) is 10.8. The Morgan fingerprint density at radius 3 is 1.39 bits per heavy atom. The van der Waals surface area contributed by atoms with E-state index in [1.54, 1.807) is 0 Å². The lowest BCUT2D eigenvalue weighted by Gasteiger charge is -2.43. The van der Waals surface area contributed by atoms with Gasteiger partial charge in [-0.3, -0.25) is 19.2 Å². The van der Waals surface area contributed by atoms with Crippen LogP contribution in [0.5, 0.6) is 0 Å². The maximum atomic E-state index is 14.1. The number of carbonyl (C=O) groups excluding carboxylic acids is 4. The van der Waals surface area contributed by atoms with Gasteiger partial charge in [-0.2, -0.15) is 0 Å². The van der Waals surface area contributed by atoms with E-state index in [1.807, 2.05) is 0 Å². The SMILES string of the molecule is COC(=O)[C@@]12[C@@H]3O[C@@](OC)(c4onc(C)c4C3=O)[C@]1(C(=O)OC)[C@@H]1O[C@@]2(OC)c2onc(C)c2C1=O. The second kappa shape index (κ2) is 6.64. The highest BCUT2D eigenvalue weighted by atomic mass is 16.8. The van der Waals surface area contributed by atoms with E-state index in [2.05, 4.69) is 10.3 Å². The van der Waals surface area contributed by atoms with Crippen molar-refractivity contribution in [2.45, 2.75) is 37.6 Å². The summed E-state index contributed by atoms with van der Waals surface area (Å²) in [4.78, 5) is 56.2. The molecule has 0 N–H and O–H groups in total. The van der Waals surface area contributed by atoms with E-state index < -0.39 is 58.1 Å². The molecule has 6 rings (SSSR count). The molecule has 4 aliphatic rings. The van der Waals surface area contributed by atoms with E-state index >= 15 is 0 Å². The highest BCUT2D eigenvalue weighted by molar-refractivity contribution is 6.14. The van der Waals surface area contributed by atoms with Gasteiger partial charge in [0.25, 0.3) is 11.6 Å². The van der Waals surface area contributed by atoms with Crippen LogP contribution in [0.25, 0.3) is 0 Å². The second-order valence-corrected chi connectivity index (χ2v) is 8.91. The number of aryl methyl sites for hydroxylation is 2. The van der Waals surface area contributed by atoms with Crippen LogP contribution in [0.3, 0.4) is 0 Å². The zero-order valence-corrected chi connectivity index (χ0v) is 19.9. The number of esters is 2. The van der Waals surface area contributed by atoms with Gasteiger partial charge in [-0.05, 0) is 13.8 Å². The number of nitrogens with zero attached hydrogens (tertiary/aromatic N) is 2. The molecule has 14 heteroatoms. The van der Waals surface area contributed by atoms with Crippen molar-refractivity contribution in [3.63, 3.8) is 0 Å². The van der Waals surface area contributed by atoms with Crippen LogP contribution in [-0.4, -0.2) is 74.5 Å². The van der Waals surface area contributed by atoms with Crippen LogP contribution >= 0.6 is 0 Å². The van der Waals surface area contributed by atoms with Crippen LogP contribution in [0.15, 0.2) is 9.05 Å². The molecule has 36 heavy (non-hydrogen) atoms. The maximum Gasteiger partial charge on any atom is 0.322 e. The second-order valence-electron chi connectivity index (χ2n) is 8.91. The van der Waals surface area contributed by atoms with Crippen LogP contribution in [0.1, 0.15) is 43.6 Å². The minimum Gasteiger partial charge on any atom is -0.468 e. The lowest BCUT2D eigenvalue weighted by Crippen LogP contribution is -2.66. The molecule has 0 aliphatic carbocycles. The van der Waals surface area contributed by atoms with Gasteiger partial charge in [0.05, 0.1) is 36.7 Å². The number of hydrogen-bond donors (Lipinski definition) is 0. The molecule has 2 fully saturated rings. The molecule has 2 saturated heterocycles. The largest absolute Gasteiger partial charge is 0.468 e. The van der Waals surface area contributed by atoms with Gasteiger partial charge >= 0.3 is 11.9 Å². The highest BCUT2D eigenvalue weighted by Gasteiger charge is 3.00. The fraction of sp³-hybridized carbons (Fsp3) is 0.545. The lowest BCUT2D eigenvalue weighted by molar-refractivity contribution is -0.305. The number of aromatic nitrogens is 2. The van der Waals surface area contributed by atoms with Crippen LogP contribution in [0, 0.1) is 24.7 Å². The molecule has 0 amide bonds. The Hall–Kier alpha value is -3.46.